The number of hydrogen-bond donors (Lipinski definition) is 0. The monoisotopic (exact) mass is 224 g/mol. The Morgan fingerprint density at radius 1 is 1.56 bits per heavy atom. The highest BCUT2D eigenvalue weighted by atomic mass is 16.6. The SMILES string of the molecule is CCN1CCC(n2cc([N+](=O)[O-])cn2)CC1. The first-order chi connectivity index (χ1) is 7.70. The number of aromatic nitrogens is 2. The molecule has 16 heavy (non-hydrogen) atoms. The Kier molecular flexibility index (Phi) is 3.19. The van der Waals surface area contributed by atoms with Gasteiger partial charge in [-0.05, 0) is 19.4 Å². The molecule has 6 heteroatoms. The predicted octanol–water partition coefficient (Wildman–Crippen LogP) is 1.45. The second-order valence-electron chi connectivity index (χ2n) is 4.10. The van der Waals surface area contributed by atoms with E-state index in [9.17, 15) is 10.1 Å². The highest BCUT2D eigenvalue weighted by Crippen LogP contribution is 2.23. The zero-order chi connectivity index (χ0) is 11.5. The topological polar surface area (TPSA) is 64.2 Å². The highest BCUT2D eigenvalue weighted by Gasteiger charge is 2.21. The van der Waals surface area contributed by atoms with Gasteiger partial charge in [0, 0.05) is 13.1 Å². The summed E-state index contributed by atoms with van der Waals surface area (Å²) in [5.41, 5.74) is 0.0814. The molecule has 88 valence electrons. The molecule has 1 saturated heterocycles. The van der Waals surface area contributed by atoms with E-state index in [0.717, 1.165) is 32.5 Å². The Hall–Kier alpha value is -1.43. The smallest absolute Gasteiger partial charge is 0.303 e. The number of likely N-dealkylation sites (tertiary alicyclic amines) is 1. The molecule has 0 N–H and O–H groups in total. The summed E-state index contributed by atoms with van der Waals surface area (Å²) in [5.74, 6) is 0. The van der Waals surface area contributed by atoms with Crippen molar-refractivity contribution in [2.24, 2.45) is 0 Å². The van der Waals surface area contributed by atoms with Gasteiger partial charge in [0.05, 0.1) is 11.0 Å². The van der Waals surface area contributed by atoms with E-state index in [-0.39, 0.29) is 5.69 Å². The third-order valence-corrected chi connectivity index (χ3v) is 3.18. The molecule has 1 aliphatic heterocycles. The van der Waals surface area contributed by atoms with Crippen molar-refractivity contribution < 1.29 is 4.92 Å². The molecule has 0 spiro atoms. The first kappa shape index (κ1) is 11.1. The molecule has 6 nitrogen and oxygen atoms in total. The molecular formula is C10H16N4O2. The predicted molar refractivity (Wildman–Crippen MR) is 59.3 cm³/mol. The lowest BCUT2D eigenvalue weighted by Gasteiger charge is -2.30. The van der Waals surface area contributed by atoms with Crippen LogP contribution in [0.5, 0.6) is 0 Å². The van der Waals surface area contributed by atoms with Gasteiger partial charge in [-0.3, -0.25) is 14.8 Å². The van der Waals surface area contributed by atoms with E-state index < -0.39 is 4.92 Å². The van der Waals surface area contributed by atoms with Crippen LogP contribution in [0.2, 0.25) is 0 Å². The van der Waals surface area contributed by atoms with Gasteiger partial charge in [-0.1, -0.05) is 6.92 Å². The van der Waals surface area contributed by atoms with Crippen molar-refractivity contribution in [1.82, 2.24) is 14.7 Å². The summed E-state index contributed by atoms with van der Waals surface area (Å²) in [6.07, 6.45) is 4.90. The van der Waals surface area contributed by atoms with Gasteiger partial charge in [0.2, 0.25) is 0 Å². The minimum atomic E-state index is -0.398. The molecule has 0 amide bonds. The standard InChI is InChI=1S/C10H16N4O2/c1-2-12-5-3-9(4-6-12)13-8-10(7-11-13)14(15)16/h7-9H,2-6H2,1H3. The summed E-state index contributed by atoms with van der Waals surface area (Å²) in [4.78, 5) is 12.5. The maximum atomic E-state index is 10.5. The number of piperidine rings is 1. The Morgan fingerprint density at radius 3 is 2.75 bits per heavy atom. The average Bonchev–Trinajstić information content (AvgIpc) is 2.78. The molecule has 1 aliphatic rings. The molecule has 0 aromatic carbocycles. The zero-order valence-electron chi connectivity index (χ0n) is 9.37. The van der Waals surface area contributed by atoms with Crippen molar-refractivity contribution in [2.75, 3.05) is 19.6 Å². The first-order valence-electron chi connectivity index (χ1n) is 5.61. The molecule has 0 bridgehead atoms. The lowest BCUT2D eigenvalue weighted by atomic mass is 10.1. The van der Waals surface area contributed by atoms with Crippen LogP contribution in [0, 0.1) is 10.1 Å². The molecule has 1 aromatic heterocycles. The van der Waals surface area contributed by atoms with Gasteiger partial charge in [-0.25, -0.2) is 0 Å². The second kappa shape index (κ2) is 4.61. The molecule has 0 saturated carbocycles. The third kappa shape index (κ3) is 2.21. The molecule has 1 fully saturated rings. The largest absolute Gasteiger partial charge is 0.307 e. The molecule has 2 heterocycles. The van der Waals surface area contributed by atoms with Crippen molar-refractivity contribution in [3.05, 3.63) is 22.5 Å². The van der Waals surface area contributed by atoms with Gasteiger partial charge in [0.25, 0.3) is 0 Å². The van der Waals surface area contributed by atoms with Crippen molar-refractivity contribution in [3.8, 4) is 0 Å². The zero-order valence-corrected chi connectivity index (χ0v) is 9.37. The normalized spacial score (nSPS) is 18.8. The van der Waals surface area contributed by atoms with Crippen LogP contribution in [0.1, 0.15) is 25.8 Å². The van der Waals surface area contributed by atoms with Crippen LogP contribution in [-0.4, -0.2) is 39.2 Å². The van der Waals surface area contributed by atoms with Crippen LogP contribution in [0.15, 0.2) is 12.4 Å². The van der Waals surface area contributed by atoms with Gasteiger partial charge in [-0.2, -0.15) is 5.10 Å². The van der Waals surface area contributed by atoms with E-state index in [2.05, 4.69) is 16.9 Å². The number of nitrogens with zero attached hydrogens (tertiary/aromatic N) is 4. The summed E-state index contributed by atoms with van der Waals surface area (Å²) in [5, 5.41) is 14.6. The molecule has 2 rings (SSSR count). The van der Waals surface area contributed by atoms with Crippen molar-refractivity contribution in [1.29, 1.82) is 0 Å². The molecule has 0 radical (unpaired) electrons. The first-order valence-corrected chi connectivity index (χ1v) is 5.61. The third-order valence-electron chi connectivity index (χ3n) is 3.18. The fourth-order valence-electron chi connectivity index (χ4n) is 2.12. The van der Waals surface area contributed by atoms with Crippen LogP contribution >= 0.6 is 0 Å². The van der Waals surface area contributed by atoms with E-state index >= 15 is 0 Å². The van der Waals surface area contributed by atoms with Crippen LogP contribution in [0.4, 0.5) is 5.69 Å². The van der Waals surface area contributed by atoms with E-state index in [1.807, 2.05) is 0 Å². The minimum absolute atomic E-state index is 0.0814. The van der Waals surface area contributed by atoms with Crippen LogP contribution in [0.25, 0.3) is 0 Å². The van der Waals surface area contributed by atoms with E-state index in [1.54, 1.807) is 4.68 Å². The maximum Gasteiger partial charge on any atom is 0.307 e. The fraction of sp³-hybridized carbons (Fsp3) is 0.700. The van der Waals surface area contributed by atoms with Crippen molar-refractivity contribution in [3.63, 3.8) is 0 Å². The average molecular weight is 224 g/mol. The molecule has 0 atom stereocenters. The number of hydrogen-bond acceptors (Lipinski definition) is 4. The second-order valence-corrected chi connectivity index (χ2v) is 4.10. The molecule has 1 aromatic rings. The van der Waals surface area contributed by atoms with Crippen molar-refractivity contribution in [2.45, 2.75) is 25.8 Å². The molecule has 0 unspecified atom stereocenters. The van der Waals surface area contributed by atoms with Crippen LogP contribution < -0.4 is 0 Å². The van der Waals surface area contributed by atoms with E-state index in [0.29, 0.717) is 6.04 Å². The van der Waals surface area contributed by atoms with Gasteiger partial charge < -0.3 is 4.90 Å². The summed E-state index contributed by atoms with van der Waals surface area (Å²) in [6, 6.07) is 0.316. The summed E-state index contributed by atoms with van der Waals surface area (Å²) < 4.78 is 1.74. The van der Waals surface area contributed by atoms with Gasteiger partial charge in [0.1, 0.15) is 12.4 Å². The number of rotatable bonds is 3. The quantitative estimate of drug-likeness (QED) is 0.575. The van der Waals surface area contributed by atoms with Crippen molar-refractivity contribution >= 4 is 5.69 Å². The minimum Gasteiger partial charge on any atom is -0.303 e. The fourth-order valence-corrected chi connectivity index (χ4v) is 2.12. The van der Waals surface area contributed by atoms with Crippen LogP contribution in [0.3, 0.4) is 0 Å². The number of nitro groups is 1. The summed E-state index contributed by atoms with van der Waals surface area (Å²) in [7, 11) is 0. The lowest BCUT2D eigenvalue weighted by Crippen LogP contribution is -2.34. The van der Waals surface area contributed by atoms with Gasteiger partial charge in [-0.15, -0.1) is 0 Å². The molecular weight excluding hydrogens is 208 g/mol. The molecule has 0 aliphatic carbocycles. The van der Waals surface area contributed by atoms with Gasteiger partial charge in [0.15, 0.2) is 0 Å². The Bertz CT molecular complexity index is 369. The summed E-state index contributed by atoms with van der Waals surface area (Å²) >= 11 is 0. The van der Waals surface area contributed by atoms with Crippen LogP contribution in [-0.2, 0) is 0 Å². The van der Waals surface area contributed by atoms with Gasteiger partial charge >= 0.3 is 5.69 Å². The Labute approximate surface area is 94.0 Å². The maximum absolute atomic E-state index is 10.5. The summed E-state index contributed by atoms with van der Waals surface area (Å²) in [6.45, 7) is 5.33. The Balaban J connectivity index is 2.00. The van der Waals surface area contributed by atoms with E-state index in [4.69, 9.17) is 0 Å². The highest BCUT2D eigenvalue weighted by molar-refractivity contribution is 5.21. The Morgan fingerprint density at radius 2 is 2.25 bits per heavy atom. The lowest BCUT2D eigenvalue weighted by molar-refractivity contribution is -0.385. The van der Waals surface area contributed by atoms with E-state index in [1.165, 1.54) is 12.4 Å².